The van der Waals surface area contributed by atoms with E-state index < -0.39 is 5.97 Å². The second kappa shape index (κ2) is 5.38. The molecule has 0 amide bonds. The van der Waals surface area contributed by atoms with Crippen molar-refractivity contribution in [1.29, 1.82) is 0 Å². The van der Waals surface area contributed by atoms with Crippen LogP contribution >= 0.6 is 11.6 Å². The Morgan fingerprint density at radius 2 is 2.05 bits per heavy atom. The van der Waals surface area contributed by atoms with Crippen LogP contribution in [-0.2, 0) is 4.79 Å². The summed E-state index contributed by atoms with van der Waals surface area (Å²) in [5, 5.41) is 17.3. The average Bonchev–Trinajstić information content (AvgIpc) is 2.89. The number of fused-ring (bicyclic) bond motifs is 1. The third-order valence-electron chi connectivity index (χ3n) is 2.99. The van der Waals surface area contributed by atoms with Gasteiger partial charge >= 0.3 is 5.97 Å². The highest BCUT2D eigenvalue weighted by atomic mass is 35.5. The average molecular weight is 300 g/mol. The Hall–Kier alpha value is -2.66. The lowest BCUT2D eigenvalue weighted by atomic mass is 10.2. The summed E-state index contributed by atoms with van der Waals surface area (Å²) in [6.07, 6.45) is 2.50. The van der Waals surface area contributed by atoms with Gasteiger partial charge in [-0.25, -0.2) is 9.48 Å². The first-order valence-electron chi connectivity index (χ1n) is 6.16. The lowest BCUT2D eigenvalue weighted by Crippen LogP contribution is -1.97. The molecule has 0 aliphatic rings. The maximum Gasteiger partial charge on any atom is 0.328 e. The largest absolute Gasteiger partial charge is 0.478 e. The van der Waals surface area contributed by atoms with Gasteiger partial charge in [-0.15, -0.1) is 5.10 Å². The lowest BCUT2D eigenvalue weighted by molar-refractivity contribution is -0.131. The summed E-state index contributed by atoms with van der Waals surface area (Å²) in [5.41, 5.74) is 3.07. The van der Waals surface area contributed by atoms with Crippen LogP contribution in [0.5, 0.6) is 0 Å². The third kappa shape index (κ3) is 2.64. The van der Waals surface area contributed by atoms with E-state index in [4.69, 9.17) is 16.7 Å². The number of carbonyl (C=O) groups is 1. The Morgan fingerprint density at radius 3 is 2.81 bits per heavy atom. The summed E-state index contributed by atoms with van der Waals surface area (Å²) >= 11 is 6.18. The van der Waals surface area contributed by atoms with Crippen LogP contribution < -0.4 is 0 Å². The molecule has 3 rings (SSSR count). The monoisotopic (exact) mass is 299 g/mol. The molecule has 0 unspecified atom stereocenters. The van der Waals surface area contributed by atoms with E-state index in [0.717, 1.165) is 22.8 Å². The van der Waals surface area contributed by atoms with Gasteiger partial charge in [-0.3, -0.25) is 0 Å². The maximum absolute atomic E-state index is 10.5. The van der Waals surface area contributed by atoms with Gasteiger partial charge in [0.1, 0.15) is 5.52 Å². The van der Waals surface area contributed by atoms with E-state index in [2.05, 4.69) is 10.3 Å². The van der Waals surface area contributed by atoms with E-state index in [1.165, 1.54) is 6.08 Å². The Morgan fingerprint density at radius 1 is 1.24 bits per heavy atom. The van der Waals surface area contributed by atoms with Crippen molar-refractivity contribution in [1.82, 2.24) is 15.0 Å². The number of hydrogen-bond donors (Lipinski definition) is 1. The number of para-hydroxylation sites is 1. The molecule has 0 aliphatic carbocycles. The molecule has 0 aliphatic heterocycles. The first-order chi connectivity index (χ1) is 10.1. The van der Waals surface area contributed by atoms with Gasteiger partial charge in [0.05, 0.1) is 11.2 Å². The predicted molar refractivity (Wildman–Crippen MR) is 80.5 cm³/mol. The van der Waals surface area contributed by atoms with E-state index in [-0.39, 0.29) is 0 Å². The fourth-order valence-corrected chi connectivity index (χ4v) is 2.24. The Balaban J connectivity index is 2.04. The normalized spacial score (nSPS) is 11.3. The van der Waals surface area contributed by atoms with Crippen molar-refractivity contribution in [3.63, 3.8) is 0 Å². The minimum absolute atomic E-state index is 0.449. The molecular formula is C15H10ClN3O2. The summed E-state index contributed by atoms with van der Waals surface area (Å²) in [6.45, 7) is 0. The number of nitrogens with zero attached hydrogens (tertiary/aromatic N) is 3. The highest BCUT2D eigenvalue weighted by Crippen LogP contribution is 2.23. The van der Waals surface area contributed by atoms with Crippen molar-refractivity contribution in [2.24, 2.45) is 0 Å². The number of halogens is 1. The van der Waals surface area contributed by atoms with Gasteiger partial charge in [-0.2, -0.15) is 0 Å². The molecule has 104 valence electrons. The molecule has 0 atom stereocenters. The second-order valence-electron chi connectivity index (χ2n) is 4.37. The first-order valence-corrected chi connectivity index (χ1v) is 6.54. The van der Waals surface area contributed by atoms with Gasteiger partial charge in [-0.05, 0) is 35.9 Å². The van der Waals surface area contributed by atoms with Gasteiger partial charge in [0.2, 0.25) is 0 Å². The van der Waals surface area contributed by atoms with Crippen molar-refractivity contribution in [3.05, 3.63) is 59.1 Å². The molecule has 0 saturated heterocycles. The second-order valence-corrected chi connectivity index (χ2v) is 4.77. The predicted octanol–water partition coefficient (Wildman–Crippen LogP) is 3.17. The minimum Gasteiger partial charge on any atom is -0.478 e. The summed E-state index contributed by atoms with van der Waals surface area (Å²) in [5.74, 6) is -1.02. The molecule has 6 heteroatoms. The molecule has 2 aromatic carbocycles. The van der Waals surface area contributed by atoms with Crippen molar-refractivity contribution < 1.29 is 9.90 Å². The number of aliphatic carboxylic acids is 1. The fraction of sp³-hybridized carbons (Fsp3) is 0. The van der Waals surface area contributed by atoms with Crippen LogP contribution in [0, 0.1) is 0 Å². The third-order valence-corrected chi connectivity index (χ3v) is 3.31. The van der Waals surface area contributed by atoms with Crippen LogP contribution in [0.4, 0.5) is 0 Å². The van der Waals surface area contributed by atoms with E-state index >= 15 is 0 Å². The van der Waals surface area contributed by atoms with Gasteiger partial charge in [0.15, 0.2) is 0 Å². The standard InChI is InChI=1S/C15H10ClN3O2/c16-12-9-11(7-5-10(12)6-8-15(20)21)19-14-4-2-1-3-13(14)17-18-19/h1-9H,(H,20,21)/b8-6+. The number of rotatable bonds is 3. The maximum atomic E-state index is 10.5. The lowest BCUT2D eigenvalue weighted by Gasteiger charge is -2.05. The zero-order valence-corrected chi connectivity index (χ0v) is 11.5. The Bertz CT molecular complexity index is 855. The van der Waals surface area contributed by atoms with Crippen LogP contribution in [0.1, 0.15) is 5.56 Å². The van der Waals surface area contributed by atoms with Crippen LogP contribution in [0.15, 0.2) is 48.5 Å². The summed E-state index contributed by atoms with van der Waals surface area (Å²) in [6, 6.07) is 12.9. The van der Waals surface area contributed by atoms with Gasteiger partial charge in [0, 0.05) is 11.1 Å². The van der Waals surface area contributed by atoms with Crippen molar-refractivity contribution in [3.8, 4) is 5.69 Å². The van der Waals surface area contributed by atoms with Crippen LogP contribution in [-0.4, -0.2) is 26.1 Å². The molecule has 1 heterocycles. The zero-order chi connectivity index (χ0) is 14.8. The quantitative estimate of drug-likeness (QED) is 0.754. The molecule has 0 saturated carbocycles. The molecule has 21 heavy (non-hydrogen) atoms. The van der Waals surface area contributed by atoms with Crippen molar-refractivity contribution in [2.75, 3.05) is 0 Å². The summed E-state index contributed by atoms with van der Waals surface area (Å²) in [4.78, 5) is 10.5. The van der Waals surface area contributed by atoms with Crippen LogP contribution in [0.2, 0.25) is 5.02 Å². The number of hydrogen-bond acceptors (Lipinski definition) is 3. The van der Waals surface area contributed by atoms with E-state index in [1.807, 2.05) is 30.3 Å². The zero-order valence-electron chi connectivity index (χ0n) is 10.8. The van der Waals surface area contributed by atoms with Crippen molar-refractivity contribution >= 4 is 34.7 Å². The molecular weight excluding hydrogens is 290 g/mol. The van der Waals surface area contributed by atoms with E-state index in [9.17, 15) is 4.79 Å². The highest BCUT2D eigenvalue weighted by molar-refractivity contribution is 6.32. The van der Waals surface area contributed by atoms with Gasteiger partial charge in [-0.1, -0.05) is 35.0 Å². The van der Waals surface area contributed by atoms with Crippen LogP contribution in [0.3, 0.4) is 0 Å². The molecule has 1 N–H and O–H groups in total. The Kier molecular flexibility index (Phi) is 3.41. The number of aromatic nitrogens is 3. The van der Waals surface area contributed by atoms with Gasteiger partial charge < -0.3 is 5.11 Å². The topological polar surface area (TPSA) is 68.0 Å². The highest BCUT2D eigenvalue weighted by Gasteiger charge is 2.07. The number of carboxylic acids is 1. The molecule has 0 fully saturated rings. The molecule has 1 aromatic heterocycles. The first kappa shape index (κ1) is 13.3. The SMILES string of the molecule is O=C(O)/C=C/c1ccc(-n2nnc3ccccc32)cc1Cl. The van der Waals surface area contributed by atoms with Gasteiger partial charge in [0.25, 0.3) is 0 Å². The number of benzene rings is 2. The molecule has 0 radical (unpaired) electrons. The summed E-state index contributed by atoms with van der Waals surface area (Å²) in [7, 11) is 0. The molecule has 3 aromatic rings. The number of carboxylic acid groups (broad SMARTS) is 1. The van der Waals surface area contributed by atoms with E-state index in [1.54, 1.807) is 16.8 Å². The molecule has 0 bridgehead atoms. The Labute approximate surface area is 125 Å². The van der Waals surface area contributed by atoms with Crippen LogP contribution in [0.25, 0.3) is 22.8 Å². The molecule has 0 spiro atoms. The fourth-order valence-electron chi connectivity index (χ4n) is 2.00. The summed E-state index contributed by atoms with van der Waals surface area (Å²) < 4.78 is 1.69. The molecule has 5 nitrogen and oxygen atoms in total. The smallest absolute Gasteiger partial charge is 0.328 e. The minimum atomic E-state index is -1.02. The van der Waals surface area contributed by atoms with E-state index in [0.29, 0.717) is 10.6 Å². The van der Waals surface area contributed by atoms with Crippen molar-refractivity contribution in [2.45, 2.75) is 0 Å².